The first-order valence-electron chi connectivity index (χ1n) is 8.84. The molecule has 2 aliphatic rings. The molecule has 1 unspecified atom stereocenters. The van der Waals surface area contributed by atoms with Crippen molar-refractivity contribution in [2.24, 2.45) is 5.10 Å². The molecule has 1 saturated carbocycles. The van der Waals surface area contributed by atoms with Gasteiger partial charge in [-0.25, -0.2) is 9.99 Å². The van der Waals surface area contributed by atoms with E-state index in [2.05, 4.69) is 15.4 Å². The van der Waals surface area contributed by atoms with Crippen molar-refractivity contribution in [3.63, 3.8) is 0 Å². The number of rotatable bonds is 6. The molecule has 10 heteroatoms. The molecule has 2 heterocycles. The molecular weight excluding hydrogens is 420 g/mol. The van der Waals surface area contributed by atoms with Crippen LogP contribution in [0.5, 0.6) is 0 Å². The van der Waals surface area contributed by atoms with Crippen molar-refractivity contribution in [1.29, 1.82) is 0 Å². The number of nitrogens with one attached hydrogen (secondary N) is 1. The number of hydrogen-bond acceptors (Lipinski definition) is 6. The van der Waals surface area contributed by atoms with Gasteiger partial charge in [0, 0.05) is 28.7 Å². The van der Waals surface area contributed by atoms with Crippen LogP contribution in [0.1, 0.15) is 31.2 Å². The number of carbonyl (C=O) groups is 2. The molecule has 1 aromatic heterocycles. The molecule has 1 aliphatic heterocycles. The molecule has 0 radical (unpaired) electrons. The molecule has 0 bridgehead atoms. The van der Waals surface area contributed by atoms with Crippen molar-refractivity contribution in [1.82, 2.24) is 9.99 Å². The molecule has 1 aliphatic carbocycles. The fourth-order valence-corrected chi connectivity index (χ4v) is 4.95. The highest BCUT2D eigenvalue weighted by atomic mass is 35.5. The van der Waals surface area contributed by atoms with E-state index in [1.807, 2.05) is 0 Å². The Kier molecular flexibility index (Phi) is 5.56. The van der Waals surface area contributed by atoms with Crippen LogP contribution in [-0.4, -0.2) is 43.5 Å². The molecule has 2 amide bonds. The maximum Gasteiger partial charge on any atom is 0.278 e. The summed E-state index contributed by atoms with van der Waals surface area (Å²) in [5.74, 6) is -0.601. The third-order valence-electron chi connectivity index (χ3n) is 4.37. The zero-order valence-corrected chi connectivity index (χ0v) is 17.1. The predicted octanol–water partition coefficient (Wildman–Crippen LogP) is 3.03. The van der Waals surface area contributed by atoms with Crippen molar-refractivity contribution in [2.45, 2.75) is 35.8 Å². The summed E-state index contributed by atoms with van der Waals surface area (Å²) in [6, 6.07) is 6.92. The lowest BCUT2D eigenvalue weighted by molar-refractivity contribution is -0.127. The summed E-state index contributed by atoms with van der Waals surface area (Å²) in [4.78, 5) is 29.6. The van der Waals surface area contributed by atoms with Crippen LogP contribution in [0.3, 0.4) is 0 Å². The maximum absolute atomic E-state index is 12.8. The lowest BCUT2D eigenvalue weighted by atomic mass is 10.1. The second-order valence-corrected chi connectivity index (χ2v) is 9.91. The highest BCUT2D eigenvalue weighted by Crippen LogP contribution is 2.30. The summed E-state index contributed by atoms with van der Waals surface area (Å²) in [6.07, 6.45) is 4.54. The number of nitrogens with zero attached hydrogens (tertiary/aromatic N) is 3. The number of thiazole rings is 1. The van der Waals surface area contributed by atoms with Gasteiger partial charge in [0.2, 0.25) is 5.91 Å². The fourth-order valence-electron chi connectivity index (χ4n) is 2.78. The van der Waals surface area contributed by atoms with Crippen LogP contribution in [0.25, 0.3) is 0 Å². The van der Waals surface area contributed by atoms with E-state index in [-0.39, 0.29) is 16.9 Å². The third-order valence-corrected chi connectivity index (χ3v) is 7.21. The third kappa shape index (κ3) is 4.31. The van der Waals surface area contributed by atoms with E-state index < -0.39 is 16.7 Å². The molecule has 146 valence electrons. The van der Waals surface area contributed by atoms with Gasteiger partial charge in [0.1, 0.15) is 4.34 Å². The number of halogens is 1. The molecule has 1 atom stereocenters. The zero-order chi connectivity index (χ0) is 19.7. The molecule has 28 heavy (non-hydrogen) atoms. The molecule has 1 saturated heterocycles. The lowest BCUT2D eigenvalue weighted by Gasteiger charge is -2.13. The number of hydrogen-bond donors (Lipinski definition) is 1. The molecule has 1 aromatic carbocycles. The topological polar surface area (TPSA) is 91.7 Å². The van der Waals surface area contributed by atoms with Gasteiger partial charge in [0.05, 0.1) is 17.0 Å². The summed E-state index contributed by atoms with van der Waals surface area (Å²) >= 11 is 7.00. The van der Waals surface area contributed by atoms with E-state index in [1.54, 1.807) is 24.3 Å². The van der Waals surface area contributed by atoms with Crippen LogP contribution in [0.15, 0.2) is 40.5 Å². The van der Waals surface area contributed by atoms with E-state index in [9.17, 15) is 13.8 Å². The Labute approximate surface area is 173 Å². The summed E-state index contributed by atoms with van der Waals surface area (Å²) < 4.78 is 12.8. The Hall–Kier alpha value is -2.10. The number of aromatic nitrogens is 1. The van der Waals surface area contributed by atoms with E-state index in [0.717, 1.165) is 29.1 Å². The zero-order valence-electron chi connectivity index (χ0n) is 14.8. The minimum Gasteiger partial charge on any atom is -0.296 e. The Balaban J connectivity index is 1.62. The highest BCUT2D eigenvalue weighted by molar-refractivity contribution is 7.86. The normalized spacial score (nSPS) is 18.4. The molecular formula is C18H17ClN4O3S2. The molecule has 2 fully saturated rings. The van der Waals surface area contributed by atoms with Crippen LogP contribution in [0.2, 0.25) is 4.34 Å². The van der Waals surface area contributed by atoms with Gasteiger partial charge < -0.3 is 0 Å². The van der Waals surface area contributed by atoms with Gasteiger partial charge in [-0.2, -0.15) is 5.10 Å². The van der Waals surface area contributed by atoms with Gasteiger partial charge in [0.15, 0.2) is 10.8 Å². The summed E-state index contributed by atoms with van der Waals surface area (Å²) in [7, 11) is -1.02. The summed E-state index contributed by atoms with van der Waals surface area (Å²) in [5.41, 5.74) is 0.640. The van der Waals surface area contributed by atoms with Crippen LogP contribution < -0.4 is 5.32 Å². The van der Waals surface area contributed by atoms with Crippen molar-refractivity contribution in [2.75, 3.05) is 11.9 Å². The van der Waals surface area contributed by atoms with E-state index in [4.69, 9.17) is 11.6 Å². The monoisotopic (exact) mass is 436 g/mol. The van der Waals surface area contributed by atoms with Gasteiger partial charge in [-0.3, -0.25) is 19.1 Å². The number of hydrazone groups is 1. The minimum absolute atomic E-state index is 0.102. The Morgan fingerprint density at radius 1 is 1.32 bits per heavy atom. The predicted molar refractivity (Wildman–Crippen MR) is 109 cm³/mol. The number of anilines is 1. The highest BCUT2D eigenvalue weighted by Gasteiger charge is 2.29. The number of carbonyl (C=O) groups excluding carboxylic acids is 2. The average Bonchev–Trinajstić information content (AvgIpc) is 3.35. The number of benzene rings is 1. The maximum atomic E-state index is 12.8. The van der Waals surface area contributed by atoms with Crippen LogP contribution in [-0.2, 0) is 20.4 Å². The van der Waals surface area contributed by atoms with E-state index in [1.165, 1.54) is 11.2 Å². The first-order chi connectivity index (χ1) is 13.5. The van der Waals surface area contributed by atoms with Crippen molar-refractivity contribution < 1.29 is 13.8 Å². The van der Waals surface area contributed by atoms with Crippen LogP contribution in [0.4, 0.5) is 5.13 Å². The Morgan fingerprint density at radius 2 is 2.07 bits per heavy atom. The first-order valence-corrected chi connectivity index (χ1v) is 11.2. The quantitative estimate of drug-likeness (QED) is 0.704. The minimum atomic E-state index is -1.02. The summed E-state index contributed by atoms with van der Waals surface area (Å²) in [6.45, 7) is 0.475. The van der Waals surface area contributed by atoms with Gasteiger partial charge in [0.25, 0.3) is 5.91 Å². The second kappa shape index (κ2) is 8.10. The average molecular weight is 437 g/mol. The van der Waals surface area contributed by atoms with Crippen molar-refractivity contribution >= 4 is 56.4 Å². The fraction of sp³-hybridized carbons (Fsp3) is 0.333. The molecule has 0 spiro atoms. The molecule has 2 aromatic rings. The van der Waals surface area contributed by atoms with Crippen LogP contribution in [0, 0.1) is 0 Å². The number of amides is 2. The largest absolute Gasteiger partial charge is 0.296 e. The van der Waals surface area contributed by atoms with Gasteiger partial charge >= 0.3 is 0 Å². The SMILES string of the molecule is O=C(Nc1ncc(Cl)s1)/C(=N/N1CCCC1=O)c1ccc(S(=O)C2CC2)cc1. The second-order valence-electron chi connectivity index (χ2n) is 6.51. The molecule has 1 N–H and O–H groups in total. The standard InChI is InChI=1S/C18H17ClN4O3S2/c19-14-10-20-18(27-14)21-17(25)16(22-23-9-1-2-15(23)24)11-3-5-12(6-4-11)28(26)13-7-8-13/h3-6,10,13H,1-2,7-9H2,(H,20,21,25)/b22-16+. The smallest absolute Gasteiger partial charge is 0.278 e. The summed E-state index contributed by atoms with van der Waals surface area (Å²) in [5, 5.41) is 8.88. The van der Waals surface area contributed by atoms with Gasteiger partial charge in [-0.1, -0.05) is 35.1 Å². The van der Waals surface area contributed by atoms with Crippen molar-refractivity contribution in [3.05, 3.63) is 40.4 Å². The van der Waals surface area contributed by atoms with E-state index in [0.29, 0.717) is 34.4 Å². The lowest BCUT2D eigenvalue weighted by Crippen LogP contribution is -2.29. The van der Waals surface area contributed by atoms with Crippen molar-refractivity contribution in [3.8, 4) is 0 Å². The Bertz CT molecular complexity index is 969. The van der Waals surface area contributed by atoms with Gasteiger partial charge in [-0.15, -0.1) is 0 Å². The van der Waals surface area contributed by atoms with Gasteiger partial charge in [-0.05, 0) is 31.4 Å². The molecule has 7 nitrogen and oxygen atoms in total. The van der Waals surface area contributed by atoms with Crippen LogP contribution >= 0.6 is 22.9 Å². The molecule has 4 rings (SSSR count). The first kappa shape index (κ1) is 19.2. The Morgan fingerprint density at radius 3 is 2.64 bits per heavy atom. The van der Waals surface area contributed by atoms with E-state index >= 15 is 0 Å².